The summed E-state index contributed by atoms with van der Waals surface area (Å²) < 4.78 is 2.11. The van der Waals surface area contributed by atoms with Gasteiger partial charge in [-0.25, -0.2) is 4.98 Å². The van der Waals surface area contributed by atoms with Crippen LogP contribution in [0.5, 0.6) is 0 Å². The van der Waals surface area contributed by atoms with Gasteiger partial charge in [0, 0.05) is 22.6 Å². The number of nitrogens with zero attached hydrogens (tertiary/aromatic N) is 2. The molecule has 15 heavy (non-hydrogen) atoms. The van der Waals surface area contributed by atoms with Crippen molar-refractivity contribution in [2.45, 2.75) is 30.5 Å². The Hall–Kier alpha value is -0.350. The monoisotopic (exact) mass is 284 g/mol. The molecule has 0 aromatic carbocycles. The third-order valence-corrected chi connectivity index (χ3v) is 4.93. The number of imidazole rings is 1. The predicted molar refractivity (Wildman–Crippen MR) is 66.8 cm³/mol. The van der Waals surface area contributed by atoms with Crippen molar-refractivity contribution in [1.29, 1.82) is 0 Å². The van der Waals surface area contributed by atoms with Crippen LogP contribution < -0.4 is 0 Å². The Morgan fingerprint density at radius 3 is 3.20 bits per heavy atom. The van der Waals surface area contributed by atoms with E-state index in [0.717, 1.165) is 17.3 Å². The number of hydrogen-bond acceptors (Lipinski definition) is 2. The van der Waals surface area contributed by atoms with Gasteiger partial charge < -0.3 is 0 Å². The topological polar surface area (TPSA) is 17.3 Å². The summed E-state index contributed by atoms with van der Waals surface area (Å²) in [6.45, 7) is 0. The highest BCUT2D eigenvalue weighted by molar-refractivity contribution is 9.09. The van der Waals surface area contributed by atoms with Crippen molar-refractivity contribution >= 4 is 32.2 Å². The van der Waals surface area contributed by atoms with E-state index in [1.165, 1.54) is 25.0 Å². The Morgan fingerprint density at radius 2 is 2.47 bits per heavy atom. The average Bonchev–Trinajstić information content (AvgIpc) is 2.86. The van der Waals surface area contributed by atoms with Gasteiger partial charge in [-0.15, -0.1) is 11.3 Å². The molecule has 2 aromatic heterocycles. The lowest BCUT2D eigenvalue weighted by molar-refractivity contribution is 0.690. The van der Waals surface area contributed by atoms with Gasteiger partial charge in [-0.3, -0.25) is 4.40 Å². The molecule has 1 fully saturated rings. The molecule has 2 aromatic rings. The molecule has 1 unspecified atom stereocenters. The van der Waals surface area contributed by atoms with Gasteiger partial charge >= 0.3 is 0 Å². The third kappa shape index (κ3) is 2.11. The minimum Gasteiger partial charge on any atom is -0.297 e. The van der Waals surface area contributed by atoms with E-state index >= 15 is 0 Å². The predicted octanol–water partition coefficient (Wildman–Crippen LogP) is 3.50. The van der Waals surface area contributed by atoms with Gasteiger partial charge in [-0.1, -0.05) is 15.9 Å². The van der Waals surface area contributed by atoms with Crippen LogP contribution in [0.1, 0.15) is 25.0 Å². The van der Waals surface area contributed by atoms with Crippen molar-refractivity contribution in [2.75, 3.05) is 0 Å². The van der Waals surface area contributed by atoms with E-state index < -0.39 is 0 Å². The Bertz CT molecular complexity index is 429. The van der Waals surface area contributed by atoms with Gasteiger partial charge in [0.15, 0.2) is 4.96 Å². The van der Waals surface area contributed by atoms with Crippen molar-refractivity contribution in [3.63, 3.8) is 0 Å². The molecule has 0 bridgehead atoms. The Morgan fingerprint density at radius 1 is 1.60 bits per heavy atom. The normalized spacial score (nSPS) is 18.5. The molecule has 1 saturated carbocycles. The number of halogens is 1. The molecule has 2 nitrogen and oxygen atoms in total. The van der Waals surface area contributed by atoms with Crippen LogP contribution in [0.15, 0.2) is 17.8 Å². The van der Waals surface area contributed by atoms with E-state index in [-0.39, 0.29) is 0 Å². The first-order valence-electron chi connectivity index (χ1n) is 5.38. The summed E-state index contributed by atoms with van der Waals surface area (Å²) in [5.74, 6) is 0.939. The number of rotatable bonds is 4. The SMILES string of the molecule is BrC(CCc1cn2ccsc2n1)C1CC1. The second-order valence-electron chi connectivity index (χ2n) is 4.22. The quantitative estimate of drug-likeness (QED) is 0.786. The summed E-state index contributed by atoms with van der Waals surface area (Å²) in [4.78, 5) is 6.40. The van der Waals surface area contributed by atoms with Crippen LogP contribution in [-0.2, 0) is 6.42 Å². The molecular weight excluding hydrogens is 272 g/mol. The van der Waals surface area contributed by atoms with Crippen molar-refractivity contribution in [2.24, 2.45) is 5.92 Å². The molecule has 3 rings (SSSR count). The maximum absolute atomic E-state index is 4.59. The first kappa shape index (κ1) is 9.85. The number of fused-ring (bicyclic) bond motifs is 1. The Balaban J connectivity index is 1.64. The number of thiazole rings is 1. The lowest BCUT2D eigenvalue weighted by Gasteiger charge is -2.05. The van der Waals surface area contributed by atoms with Crippen LogP contribution in [0.4, 0.5) is 0 Å². The van der Waals surface area contributed by atoms with Crippen molar-refractivity contribution in [3.8, 4) is 0 Å². The zero-order valence-electron chi connectivity index (χ0n) is 8.40. The molecule has 0 aliphatic heterocycles. The van der Waals surface area contributed by atoms with Crippen molar-refractivity contribution in [3.05, 3.63) is 23.5 Å². The second kappa shape index (κ2) is 3.91. The first-order chi connectivity index (χ1) is 7.33. The van der Waals surface area contributed by atoms with Crippen LogP contribution in [0, 0.1) is 5.92 Å². The van der Waals surface area contributed by atoms with Gasteiger partial charge in [0.25, 0.3) is 0 Å². The number of aryl methyl sites for hydroxylation is 1. The summed E-state index contributed by atoms with van der Waals surface area (Å²) in [7, 11) is 0. The first-order valence-corrected chi connectivity index (χ1v) is 7.17. The lowest BCUT2D eigenvalue weighted by Crippen LogP contribution is -2.02. The van der Waals surface area contributed by atoms with E-state index in [2.05, 4.69) is 43.1 Å². The fourth-order valence-electron chi connectivity index (χ4n) is 1.88. The zero-order chi connectivity index (χ0) is 10.3. The molecule has 0 radical (unpaired) electrons. The van der Waals surface area contributed by atoms with Gasteiger partial charge in [-0.05, 0) is 31.6 Å². The van der Waals surface area contributed by atoms with E-state index in [0.29, 0.717) is 4.83 Å². The van der Waals surface area contributed by atoms with Gasteiger partial charge in [0.1, 0.15) is 0 Å². The molecule has 80 valence electrons. The largest absolute Gasteiger partial charge is 0.297 e. The highest BCUT2D eigenvalue weighted by atomic mass is 79.9. The molecule has 0 amide bonds. The molecule has 1 atom stereocenters. The van der Waals surface area contributed by atoms with E-state index in [4.69, 9.17) is 0 Å². The summed E-state index contributed by atoms with van der Waals surface area (Å²) in [5, 5.41) is 2.07. The van der Waals surface area contributed by atoms with Crippen LogP contribution in [0.2, 0.25) is 0 Å². The standard InChI is InChI=1S/C11H13BrN2S/c12-10(8-1-2-8)4-3-9-7-14-5-6-15-11(14)13-9/h5-8,10H,1-4H2. The zero-order valence-corrected chi connectivity index (χ0v) is 10.8. The number of hydrogen-bond donors (Lipinski definition) is 0. The number of aromatic nitrogens is 2. The minimum atomic E-state index is 0.706. The van der Waals surface area contributed by atoms with Crippen molar-refractivity contribution in [1.82, 2.24) is 9.38 Å². The molecule has 0 saturated heterocycles. The van der Waals surface area contributed by atoms with E-state index in [1.54, 1.807) is 11.3 Å². The maximum atomic E-state index is 4.59. The summed E-state index contributed by atoms with van der Waals surface area (Å²) in [6, 6.07) is 0. The molecule has 0 N–H and O–H groups in total. The molecule has 0 spiro atoms. The lowest BCUT2D eigenvalue weighted by atomic mass is 10.1. The third-order valence-electron chi connectivity index (χ3n) is 2.95. The molecular formula is C11H13BrN2S. The van der Waals surface area contributed by atoms with E-state index in [1.807, 2.05) is 0 Å². The molecule has 4 heteroatoms. The Labute approximate surface area is 101 Å². The fourth-order valence-corrected chi connectivity index (χ4v) is 3.35. The number of alkyl halides is 1. The van der Waals surface area contributed by atoms with Crippen LogP contribution >= 0.6 is 27.3 Å². The van der Waals surface area contributed by atoms with E-state index in [9.17, 15) is 0 Å². The van der Waals surface area contributed by atoms with Crippen molar-refractivity contribution < 1.29 is 0 Å². The molecule has 1 aliphatic carbocycles. The fraction of sp³-hybridized carbons (Fsp3) is 0.545. The smallest absolute Gasteiger partial charge is 0.193 e. The minimum absolute atomic E-state index is 0.706. The highest BCUT2D eigenvalue weighted by Crippen LogP contribution is 2.38. The molecule has 2 heterocycles. The maximum Gasteiger partial charge on any atom is 0.193 e. The van der Waals surface area contributed by atoms with Gasteiger partial charge in [0.05, 0.1) is 5.69 Å². The van der Waals surface area contributed by atoms with Gasteiger partial charge in [-0.2, -0.15) is 0 Å². The average molecular weight is 285 g/mol. The summed E-state index contributed by atoms with van der Waals surface area (Å²) >= 11 is 5.47. The van der Waals surface area contributed by atoms with Crippen LogP contribution in [-0.4, -0.2) is 14.2 Å². The summed E-state index contributed by atoms with van der Waals surface area (Å²) in [5.41, 5.74) is 1.23. The highest BCUT2D eigenvalue weighted by Gasteiger charge is 2.28. The summed E-state index contributed by atoms with van der Waals surface area (Å²) in [6.07, 6.45) is 9.36. The Kier molecular flexibility index (Phi) is 2.56. The van der Waals surface area contributed by atoms with Crippen LogP contribution in [0.25, 0.3) is 4.96 Å². The van der Waals surface area contributed by atoms with Crippen LogP contribution in [0.3, 0.4) is 0 Å². The second-order valence-corrected chi connectivity index (χ2v) is 6.27. The molecule has 1 aliphatic rings. The van der Waals surface area contributed by atoms with Gasteiger partial charge in [0.2, 0.25) is 0 Å².